The molecule has 0 fully saturated rings. The molecule has 2 rings (SSSR count). The van der Waals surface area contributed by atoms with Gasteiger partial charge in [-0.05, 0) is 38.4 Å². The maximum atomic E-state index is 5.67. The van der Waals surface area contributed by atoms with Gasteiger partial charge in [-0.1, -0.05) is 12.1 Å². The third kappa shape index (κ3) is 3.36. The molecule has 0 amide bonds. The first-order valence-electron chi connectivity index (χ1n) is 5.67. The van der Waals surface area contributed by atoms with Crippen molar-refractivity contribution in [1.82, 2.24) is 4.90 Å². The van der Waals surface area contributed by atoms with E-state index in [4.69, 9.17) is 9.15 Å². The van der Waals surface area contributed by atoms with Crippen molar-refractivity contribution in [2.75, 3.05) is 27.2 Å². The summed E-state index contributed by atoms with van der Waals surface area (Å²) in [6.45, 7) is 1.60. The standard InChI is InChI=1S/C14H17NO2/c1-15(2)8-10-16-13-6-3-5-12(11-13)14-7-4-9-17-14/h3-7,9,11H,8,10H2,1-2H3. The van der Waals surface area contributed by atoms with Crippen molar-refractivity contribution in [2.24, 2.45) is 0 Å². The number of furan rings is 1. The van der Waals surface area contributed by atoms with E-state index in [0.717, 1.165) is 23.6 Å². The first-order chi connectivity index (χ1) is 8.25. The van der Waals surface area contributed by atoms with Crippen molar-refractivity contribution in [3.05, 3.63) is 42.7 Å². The largest absolute Gasteiger partial charge is 0.492 e. The lowest BCUT2D eigenvalue weighted by Crippen LogP contribution is -2.19. The van der Waals surface area contributed by atoms with Gasteiger partial charge < -0.3 is 14.1 Å². The molecule has 0 saturated heterocycles. The van der Waals surface area contributed by atoms with Crippen LogP contribution in [0.25, 0.3) is 11.3 Å². The first-order valence-corrected chi connectivity index (χ1v) is 5.67. The maximum absolute atomic E-state index is 5.67. The molecule has 0 saturated carbocycles. The van der Waals surface area contributed by atoms with Crippen LogP contribution in [0.5, 0.6) is 5.75 Å². The van der Waals surface area contributed by atoms with Crippen molar-refractivity contribution in [3.63, 3.8) is 0 Å². The van der Waals surface area contributed by atoms with Crippen LogP contribution in [0.3, 0.4) is 0 Å². The average Bonchev–Trinajstić information content (AvgIpc) is 2.82. The number of hydrogen-bond acceptors (Lipinski definition) is 3. The van der Waals surface area contributed by atoms with E-state index in [1.807, 2.05) is 50.5 Å². The fourth-order valence-electron chi connectivity index (χ4n) is 1.53. The number of ether oxygens (including phenoxy) is 1. The molecule has 0 aliphatic carbocycles. The van der Waals surface area contributed by atoms with Crippen LogP contribution >= 0.6 is 0 Å². The highest BCUT2D eigenvalue weighted by Crippen LogP contribution is 2.23. The molecule has 1 aromatic heterocycles. The molecule has 0 atom stereocenters. The van der Waals surface area contributed by atoms with E-state index >= 15 is 0 Å². The topological polar surface area (TPSA) is 25.6 Å². The summed E-state index contributed by atoms with van der Waals surface area (Å²) in [7, 11) is 4.06. The average molecular weight is 231 g/mol. The quantitative estimate of drug-likeness (QED) is 0.791. The zero-order chi connectivity index (χ0) is 12.1. The maximum Gasteiger partial charge on any atom is 0.133 e. The molecule has 0 unspecified atom stereocenters. The Kier molecular flexibility index (Phi) is 3.83. The van der Waals surface area contributed by atoms with Gasteiger partial charge in [0, 0.05) is 12.1 Å². The summed E-state index contributed by atoms with van der Waals surface area (Å²) in [4.78, 5) is 2.09. The van der Waals surface area contributed by atoms with Crippen molar-refractivity contribution >= 4 is 0 Å². The smallest absolute Gasteiger partial charge is 0.133 e. The number of benzene rings is 1. The molecule has 17 heavy (non-hydrogen) atoms. The molecule has 2 aromatic rings. The van der Waals surface area contributed by atoms with Crippen LogP contribution in [0, 0.1) is 0 Å². The summed E-state index contributed by atoms with van der Waals surface area (Å²) < 4.78 is 11.0. The molecule has 0 spiro atoms. The van der Waals surface area contributed by atoms with Crippen molar-refractivity contribution in [3.8, 4) is 17.1 Å². The molecule has 90 valence electrons. The van der Waals surface area contributed by atoms with E-state index in [0.29, 0.717) is 6.61 Å². The normalized spacial score (nSPS) is 10.8. The molecule has 0 radical (unpaired) electrons. The molecule has 3 heteroatoms. The minimum absolute atomic E-state index is 0.689. The SMILES string of the molecule is CN(C)CCOc1cccc(-c2ccco2)c1. The summed E-state index contributed by atoms with van der Waals surface area (Å²) in [5.41, 5.74) is 1.04. The van der Waals surface area contributed by atoms with Gasteiger partial charge in [0.2, 0.25) is 0 Å². The number of rotatable bonds is 5. The van der Waals surface area contributed by atoms with Gasteiger partial charge in [0.25, 0.3) is 0 Å². The Morgan fingerprint density at radius 2 is 2.06 bits per heavy atom. The van der Waals surface area contributed by atoms with Gasteiger partial charge in [-0.25, -0.2) is 0 Å². The van der Waals surface area contributed by atoms with E-state index < -0.39 is 0 Å². The predicted molar refractivity (Wildman–Crippen MR) is 68.2 cm³/mol. The monoisotopic (exact) mass is 231 g/mol. The zero-order valence-corrected chi connectivity index (χ0v) is 10.2. The minimum Gasteiger partial charge on any atom is -0.492 e. The Labute approximate surface area is 102 Å². The Morgan fingerprint density at radius 3 is 2.76 bits per heavy atom. The second kappa shape index (κ2) is 5.55. The molecule has 1 aromatic carbocycles. The molecule has 3 nitrogen and oxygen atoms in total. The summed E-state index contributed by atoms with van der Waals surface area (Å²) in [6.07, 6.45) is 1.68. The highest BCUT2D eigenvalue weighted by Gasteiger charge is 2.02. The summed E-state index contributed by atoms with van der Waals surface area (Å²) in [6, 6.07) is 11.8. The van der Waals surface area contributed by atoms with E-state index in [9.17, 15) is 0 Å². The molecule has 0 aliphatic heterocycles. The van der Waals surface area contributed by atoms with Gasteiger partial charge >= 0.3 is 0 Å². The highest BCUT2D eigenvalue weighted by atomic mass is 16.5. The molecule has 1 heterocycles. The molecule has 0 aliphatic rings. The second-order valence-corrected chi connectivity index (χ2v) is 4.16. The van der Waals surface area contributed by atoms with E-state index in [1.54, 1.807) is 6.26 Å². The number of likely N-dealkylation sites (N-methyl/N-ethyl adjacent to an activating group) is 1. The van der Waals surface area contributed by atoms with Crippen LogP contribution < -0.4 is 4.74 Å². The van der Waals surface area contributed by atoms with E-state index in [1.165, 1.54) is 0 Å². The van der Waals surface area contributed by atoms with Crippen LogP contribution in [-0.2, 0) is 0 Å². The van der Waals surface area contributed by atoms with Crippen LogP contribution in [-0.4, -0.2) is 32.1 Å². The van der Waals surface area contributed by atoms with Gasteiger partial charge in [0.15, 0.2) is 0 Å². The Morgan fingerprint density at radius 1 is 1.18 bits per heavy atom. The molecular formula is C14H17NO2. The Bertz CT molecular complexity index is 449. The molecular weight excluding hydrogens is 214 g/mol. The Hall–Kier alpha value is -1.74. The number of hydrogen-bond donors (Lipinski definition) is 0. The van der Waals surface area contributed by atoms with Gasteiger partial charge in [0.1, 0.15) is 18.1 Å². The fourth-order valence-corrected chi connectivity index (χ4v) is 1.53. The van der Waals surface area contributed by atoms with Crippen molar-refractivity contribution < 1.29 is 9.15 Å². The molecule has 0 N–H and O–H groups in total. The zero-order valence-electron chi connectivity index (χ0n) is 10.2. The van der Waals surface area contributed by atoms with Gasteiger partial charge in [-0.15, -0.1) is 0 Å². The lowest BCUT2D eigenvalue weighted by atomic mass is 10.2. The van der Waals surface area contributed by atoms with Gasteiger partial charge in [0.05, 0.1) is 6.26 Å². The third-order valence-corrected chi connectivity index (χ3v) is 2.45. The summed E-state index contributed by atoms with van der Waals surface area (Å²) in [5, 5.41) is 0. The van der Waals surface area contributed by atoms with Crippen LogP contribution in [0.4, 0.5) is 0 Å². The van der Waals surface area contributed by atoms with E-state index in [2.05, 4.69) is 4.90 Å². The second-order valence-electron chi connectivity index (χ2n) is 4.16. The Balaban J connectivity index is 2.02. The van der Waals surface area contributed by atoms with Crippen LogP contribution in [0.15, 0.2) is 47.1 Å². The van der Waals surface area contributed by atoms with Crippen LogP contribution in [0.2, 0.25) is 0 Å². The minimum atomic E-state index is 0.689. The third-order valence-electron chi connectivity index (χ3n) is 2.45. The summed E-state index contributed by atoms with van der Waals surface area (Å²) in [5.74, 6) is 1.74. The number of nitrogens with zero attached hydrogens (tertiary/aromatic N) is 1. The first kappa shape index (κ1) is 11.7. The molecule has 0 bridgehead atoms. The fraction of sp³-hybridized carbons (Fsp3) is 0.286. The van der Waals surface area contributed by atoms with Crippen molar-refractivity contribution in [1.29, 1.82) is 0 Å². The highest BCUT2D eigenvalue weighted by molar-refractivity contribution is 5.59. The lowest BCUT2D eigenvalue weighted by molar-refractivity contribution is 0.261. The van der Waals surface area contributed by atoms with Crippen molar-refractivity contribution in [2.45, 2.75) is 0 Å². The van der Waals surface area contributed by atoms with Gasteiger partial charge in [-0.3, -0.25) is 0 Å². The lowest BCUT2D eigenvalue weighted by Gasteiger charge is -2.11. The van der Waals surface area contributed by atoms with Gasteiger partial charge in [-0.2, -0.15) is 0 Å². The van der Waals surface area contributed by atoms with E-state index in [-0.39, 0.29) is 0 Å². The predicted octanol–water partition coefficient (Wildman–Crippen LogP) is 2.89. The summed E-state index contributed by atoms with van der Waals surface area (Å²) >= 11 is 0. The van der Waals surface area contributed by atoms with Crippen LogP contribution in [0.1, 0.15) is 0 Å².